The van der Waals surface area contributed by atoms with Crippen molar-refractivity contribution in [1.82, 2.24) is 10.6 Å². The Balaban J connectivity index is 2.49. The van der Waals surface area contributed by atoms with Gasteiger partial charge in [0, 0.05) is 9.89 Å². The molecule has 4 nitrogen and oxygen atoms in total. The fraction of sp³-hybridized carbons (Fsp3) is 0.467. The first-order chi connectivity index (χ1) is 9.20. The van der Waals surface area contributed by atoms with Crippen molar-refractivity contribution in [1.29, 1.82) is 0 Å². The lowest BCUT2D eigenvalue weighted by molar-refractivity contribution is -0.131. The van der Waals surface area contributed by atoms with E-state index in [0.717, 1.165) is 10.0 Å². The molecule has 1 aromatic carbocycles. The van der Waals surface area contributed by atoms with Crippen LogP contribution in [-0.2, 0) is 9.59 Å². The molecule has 0 aliphatic heterocycles. The van der Waals surface area contributed by atoms with Gasteiger partial charge in [-0.1, -0.05) is 48.8 Å². The molecule has 0 saturated heterocycles. The van der Waals surface area contributed by atoms with Gasteiger partial charge in [-0.2, -0.15) is 0 Å². The Morgan fingerprint density at radius 3 is 2.50 bits per heavy atom. The summed E-state index contributed by atoms with van der Waals surface area (Å²) in [5.74, 6) is -0.335. The van der Waals surface area contributed by atoms with Crippen LogP contribution < -0.4 is 10.6 Å². The standard InChI is InChI=1S/C15H21BrN2O2/c1-10(11-6-5-7-12(16)8-11)18-13(19)9-17-14(20)15(2,3)4/h5-8,10H,9H2,1-4H3,(H,17,20)(H,18,19). The van der Waals surface area contributed by atoms with Gasteiger partial charge in [0.2, 0.25) is 11.8 Å². The quantitative estimate of drug-likeness (QED) is 0.885. The van der Waals surface area contributed by atoms with Crippen LogP contribution in [0, 0.1) is 5.41 Å². The number of nitrogens with one attached hydrogen (secondary N) is 2. The molecule has 0 aliphatic carbocycles. The summed E-state index contributed by atoms with van der Waals surface area (Å²) >= 11 is 3.40. The van der Waals surface area contributed by atoms with E-state index in [9.17, 15) is 9.59 Å². The fourth-order valence-corrected chi connectivity index (χ4v) is 1.99. The minimum Gasteiger partial charge on any atom is -0.348 e. The van der Waals surface area contributed by atoms with Gasteiger partial charge in [0.1, 0.15) is 0 Å². The Labute approximate surface area is 128 Å². The monoisotopic (exact) mass is 340 g/mol. The van der Waals surface area contributed by atoms with Crippen molar-refractivity contribution in [3.8, 4) is 0 Å². The van der Waals surface area contributed by atoms with E-state index in [0.29, 0.717) is 0 Å². The highest BCUT2D eigenvalue weighted by molar-refractivity contribution is 9.10. The van der Waals surface area contributed by atoms with Gasteiger partial charge in [0.15, 0.2) is 0 Å². The van der Waals surface area contributed by atoms with Crippen LogP contribution in [-0.4, -0.2) is 18.4 Å². The van der Waals surface area contributed by atoms with Crippen molar-refractivity contribution < 1.29 is 9.59 Å². The van der Waals surface area contributed by atoms with Crippen LogP contribution in [0.3, 0.4) is 0 Å². The van der Waals surface area contributed by atoms with Gasteiger partial charge in [0.05, 0.1) is 12.6 Å². The number of carbonyl (C=O) groups is 2. The topological polar surface area (TPSA) is 58.2 Å². The molecule has 1 aromatic rings. The second kappa shape index (κ2) is 6.88. The molecular weight excluding hydrogens is 320 g/mol. The molecule has 0 spiro atoms. The van der Waals surface area contributed by atoms with E-state index >= 15 is 0 Å². The molecule has 0 fully saturated rings. The van der Waals surface area contributed by atoms with Crippen LogP contribution in [0.25, 0.3) is 0 Å². The lowest BCUT2D eigenvalue weighted by Gasteiger charge is -2.19. The molecule has 0 radical (unpaired) electrons. The van der Waals surface area contributed by atoms with Crippen LogP contribution in [0.2, 0.25) is 0 Å². The lowest BCUT2D eigenvalue weighted by atomic mass is 9.96. The first-order valence-electron chi connectivity index (χ1n) is 6.53. The molecule has 2 amide bonds. The van der Waals surface area contributed by atoms with Gasteiger partial charge in [-0.05, 0) is 24.6 Å². The van der Waals surface area contributed by atoms with E-state index in [-0.39, 0.29) is 24.4 Å². The van der Waals surface area contributed by atoms with E-state index < -0.39 is 5.41 Å². The smallest absolute Gasteiger partial charge is 0.239 e. The molecule has 20 heavy (non-hydrogen) atoms. The van der Waals surface area contributed by atoms with Crippen molar-refractivity contribution in [3.63, 3.8) is 0 Å². The summed E-state index contributed by atoms with van der Waals surface area (Å²) in [6.07, 6.45) is 0. The molecule has 0 saturated carbocycles. The van der Waals surface area contributed by atoms with Gasteiger partial charge in [-0.15, -0.1) is 0 Å². The Hall–Kier alpha value is -1.36. The zero-order valence-corrected chi connectivity index (χ0v) is 13.9. The van der Waals surface area contributed by atoms with Crippen LogP contribution in [0.4, 0.5) is 0 Å². The summed E-state index contributed by atoms with van der Waals surface area (Å²) < 4.78 is 0.970. The second-order valence-corrected chi connectivity index (χ2v) is 6.69. The number of hydrogen-bond acceptors (Lipinski definition) is 2. The molecule has 1 rings (SSSR count). The summed E-state index contributed by atoms with van der Waals surface area (Å²) in [6.45, 7) is 7.33. The average molecular weight is 341 g/mol. The van der Waals surface area contributed by atoms with Crippen LogP contribution in [0.5, 0.6) is 0 Å². The normalized spacial score (nSPS) is 12.7. The third-order valence-electron chi connectivity index (χ3n) is 2.82. The third-order valence-corrected chi connectivity index (χ3v) is 3.31. The molecule has 110 valence electrons. The Bertz CT molecular complexity index is 495. The minimum absolute atomic E-state index is 0.00551. The van der Waals surface area contributed by atoms with Gasteiger partial charge < -0.3 is 10.6 Å². The molecule has 0 heterocycles. The van der Waals surface area contributed by atoms with Gasteiger partial charge in [0.25, 0.3) is 0 Å². The minimum atomic E-state index is -0.490. The van der Waals surface area contributed by atoms with Crippen LogP contribution in [0.15, 0.2) is 28.7 Å². The predicted molar refractivity (Wildman–Crippen MR) is 83.2 cm³/mol. The summed E-state index contributed by atoms with van der Waals surface area (Å²) in [5, 5.41) is 5.49. The number of carbonyl (C=O) groups excluding carboxylic acids is 2. The van der Waals surface area contributed by atoms with Crippen molar-refractivity contribution >= 4 is 27.7 Å². The van der Waals surface area contributed by atoms with Crippen molar-refractivity contribution in [2.45, 2.75) is 33.7 Å². The second-order valence-electron chi connectivity index (χ2n) is 5.78. The van der Waals surface area contributed by atoms with Crippen molar-refractivity contribution in [2.75, 3.05) is 6.54 Å². The first kappa shape index (κ1) is 16.7. The highest BCUT2D eigenvalue weighted by Gasteiger charge is 2.21. The summed E-state index contributed by atoms with van der Waals surface area (Å²) in [7, 11) is 0. The van der Waals surface area contributed by atoms with E-state index in [1.165, 1.54) is 0 Å². The Morgan fingerprint density at radius 1 is 1.30 bits per heavy atom. The van der Waals surface area contributed by atoms with E-state index in [1.807, 2.05) is 52.0 Å². The maximum atomic E-state index is 11.8. The Kier molecular flexibility index (Phi) is 5.74. The number of halogens is 1. The van der Waals surface area contributed by atoms with E-state index in [4.69, 9.17) is 0 Å². The van der Waals surface area contributed by atoms with Crippen LogP contribution >= 0.6 is 15.9 Å². The number of hydrogen-bond donors (Lipinski definition) is 2. The van der Waals surface area contributed by atoms with E-state index in [2.05, 4.69) is 26.6 Å². The summed E-state index contributed by atoms with van der Waals surface area (Å²) in [6, 6.07) is 7.65. The van der Waals surface area contributed by atoms with Crippen LogP contribution in [0.1, 0.15) is 39.3 Å². The maximum absolute atomic E-state index is 11.8. The highest BCUT2D eigenvalue weighted by atomic mass is 79.9. The predicted octanol–water partition coefficient (Wildman–Crippen LogP) is 2.79. The van der Waals surface area contributed by atoms with Crippen molar-refractivity contribution in [2.24, 2.45) is 5.41 Å². The number of amides is 2. The average Bonchev–Trinajstić information content (AvgIpc) is 2.34. The van der Waals surface area contributed by atoms with E-state index in [1.54, 1.807) is 0 Å². The molecule has 1 atom stereocenters. The van der Waals surface area contributed by atoms with Crippen molar-refractivity contribution in [3.05, 3.63) is 34.3 Å². The SMILES string of the molecule is CC(NC(=O)CNC(=O)C(C)(C)C)c1cccc(Br)c1. The highest BCUT2D eigenvalue weighted by Crippen LogP contribution is 2.17. The molecule has 1 unspecified atom stereocenters. The third kappa shape index (κ3) is 5.33. The molecule has 2 N–H and O–H groups in total. The summed E-state index contributed by atoms with van der Waals surface area (Å²) in [5.41, 5.74) is 0.519. The number of benzene rings is 1. The molecule has 0 aromatic heterocycles. The molecule has 5 heteroatoms. The maximum Gasteiger partial charge on any atom is 0.239 e. The molecule has 0 aliphatic rings. The largest absolute Gasteiger partial charge is 0.348 e. The fourth-order valence-electron chi connectivity index (χ4n) is 1.58. The molecule has 0 bridgehead atoms. The zero-order valence-electron chi connectivity index (χ0n) is 12.3. The van der Waals surface area contributed by atoms with Gasteiger partial charge in [-0.3, -0.25) is 9.59 Å². The lowest BCUT2D eigenvalue weighted by Crippen LogP contribution is -2.42. The number of rotatable bonds is 4. The van der Waals surface area contributed by atoms with Gasteiger partial charge >= 0.3 is 0 Å². The first-order valence-corrected chi connectivity index (χ1v) is 7.32. The zero-order chi connectivity index (χ0) is 15.3. The molecular formula is C15H21BrN2O2. The summed E-state index contributed by atoms with van der Waals surface area (Å²) in [4.78, 5) is 23.5. The van der Waals surface area contributed by atoms with Gasteiger partial charge in [-0.25, -0.2) is 0 Å². The Morgan fingerprint density at radius 2 is 1.95 bits per heavy atom.